The minimum Gasteiger partial charge on any atom is -0.293 e. The lowest BCUT2D eigenvalue weighted by Crippen LogP contribution is -2.22. The van der Waals surface area contributed by atoms with E-state index in [0.29, 0.717) is 11.1 Å². The maximum atomic E-state index is 13.1. The maximum absolute atomic E-state index is 13.1. The van der Waals surface area contributed by atoms with Crippen LogP contribution in [0.5, 0.6) is 0 Å². The normalized spacial score (nSPS) is 11.7. The minimum absolute atomic E-state index is 0.171. The van der Waals surface area contributed by atoms with Gasteiger partial charge in [0, 0.05) is 11.1 Å². The standard InChI is InChI=1S/C22H18O2/c1-16-12-14-19(15-13-16)22(24)20(17-8-4-2-5-9-17)21(23)18-10-6-3-7-11-18/h2-15,20H,1H3. The van der Waals surface area contributed by atoms with Crippen LogP contribution in [0.25, 0.3) is 0 Å². The van der Waals surface area contributed by atoms with E-state index in [2.05, 4.69) is 0 Å². The predicted octanol–water partition coefficient (Wildman–Crippen LogP) is 4.84. The van der Waals surface area contributed by atoms with Crippen LogP contribution in [0.1, 0.15) is 37.8 Å². The zero-order valence-electron chi connectivity index (χ0n) is 13.5. The monoisotopic (exact) mass is 314 g/mol. The van der Waals surface area contributed by atoms with Gasteiger partial charge >= 0.3 is 0 Å². The predicted molar refractivity (Wildman–Crippen MR) is 95.5 cm³/mol. The Bertz CT molecular complexity index is 834. The summed E-state index contributed by atoms with van der Waals surface area (Å²) in [5.74, 6) is -1.17. The highest BCUT2D eigenvalue weighted by molar-refractivity contribution is 6.20. The SMILES string of the molecule is Cc1ccc(C(=O)C(C(=O)c2ccccc2)c2ccccc2)cc1. The first-order valence-electron chi connectivity index (χ1n) is 7.92. The molecule has 0 fully saturated rings. The summed E-state index contributed by atoms with van der Waals surface area (Å²) in [7, 11) is 0. The van der Waals surface area contributed by atoms with Crippen molar-refractivity contribution in [3.05, 3.63) is 107 Å². The topological polar surface area (TPSA) is 34.1 Å². The molecule has 0 saturated heterocycles. The van der Waals surface area contributed by atoms with Crippen molar-refractivity contribution in [2.75, 3.05) is 0 Å². The fourth-order valence-electron chi connectivity index (χ4n) is 2.72. The lowest BCUT2D eigenvalue weighted by molar-refractivity contribution is 0.0860. The van der Waals surface area contributed by atoms with Gasteiger partial charge in [-0.25, -0.2) is 0 Å². The van der Waals surface area contributed by atoms with E-state index >= 15 is 0 Å². The number of hydrogen-bond acceptors (Lipinski definition) is 2. The van der Waals surface area contributed by atoms with Gasteiger partial charge in [0.05, 0.1) is 0 Å². The van der Waals surface area contributed by atoms with Crippen LogP contribution in [0.3, 0.4) is 0 Å². The number of Topliss-reactive ketones (excluding diaryl/α,β-unsaturated/α-hetero) is 2. The van der Waals surface area contributed by atoms with Crippen LogP contribution in [-0.2, 0) is 0 Å². The first kappa shape index (κ1) is 15.9. The quantitative estimate of drug-likeness (QED) is 0.498. The largest absolute Gasteiger partial charge is 0.293 e. The third kappa shape index (κ3) is 3.33. The number of carbonyl (C=O) groups excluding carboxylic acids is 2. The van der Waals surface area contributed by atoms with E-state index in [9.17, 15) is 9.59 Å². The van der Waals surface area contributed by atoms with Gasteiger partial charge in [-0.05, 0) is 12.5 Å². The van der Waals surface area contributed by atoms with Crippen molar-refractivity contribution in [2.45, 2.75) is 12.8 Å². The second-order valence-corrected chi connectivity index (χ2v) is 5.80. The van der Waals surface area contributed by atoms with Gasteiger partial charge < -0.3 is 0 Å². The molecule has 1 atom stereocenters. The molecule has 24 heavy (non-hydrogen) atoms. The Kier molecular flexibility index (Phi) is 4.66. The highest BCUT2D eigenvalue weighted by Crippen LogP contribution is 2.25. The van der Waals surface area contributed by atoms with Crippen molar-refractivity contribution >= 4 is 11.6 Å². The second kappa shape index (κ2) is 7.05. The molecular formula is C22H18O2. The van der Waals surface area contributed by atoms with Crippen molar-refractivity contribution in [2.24, 2.45) is 0 Å². The smallest absolute Gasteiger partial charge is 0.178 e. The minimum atomic E-state index is -0.823. The van der Waals surface area contributed by atoms with Crippen LogP contribution in [0, 0.1) is 6.92 Å². The second-order valence-electron chi connectivity index (χ2n) is 5.80. The van der Waals surface area contributed by atoms with Crippen molar-refractivity contribution in [3.8, 4) is 0 Å². The van der Waals surface area contributed by atoms with Crippen LogP contribution in [0.15, 0.2) is 84.9 Å². The molecule has 3 aromatic carbocycles. The van der Waals surface area contributed by atoms with Gasteiger partial charge in [-0.3, -0.25) is 9.59 Å². The summed E-state index contributed by atoms with van der Waals surface area (Å²) < 4.78 is 0. The Morgan fingerprint density at radius 2 is 1.08 bits per heavy atom. The van der Waals surface area contributed by atoms with Gasteiger partial charge in [-0.2, -0.15) is 0 Å². The van der Waals surface area contributed by atoms with Crippen LogP contribution in [0.4, 0.5) is 0 Å². The van der Waals surface area contributed by atoms with Crippen LogP contribution < -0.4 is 0 Å². The number of hydrogen-bond donors (Lipinski definition) is 0. The third-order valence-corrected chi connectivity index (χ3v) is 4.05. The van der Waals surface area contributed by atoms with Crippen molar-refractivity contribution in [3.63, 3.8) is 0 Å². The average molecular weight is 314 g/mol. The molecule has 0 N–H and O–H groups in total. The molecule has 0 saturated carbocycles. The first-order valence-corrected chi connectivity index (χ1v) is 7.92. The van der Waals surface area contributed by atoms with E-state index < -0.39 is 5.92 Å². The molecule has 1 unspecified atom stereocenters. The van der Waals surface area contributed by atoms with Gasteiger partial charge in [-0.1, -0.05) is 90.5 Å². The zero-order valence-corrected chi connectivity index (χ0v) is 13.5. The third-order valence-electron chi connectivity index (χ3n) is 4.05. The Labute approximate surface area is 141 Å². The van der Waals surface area contributed by atoms with E-state index in [0.717, 1.165) is 11.1 Å². The van der Waals surface area contributed by atoms with Crippen molar-refractivity contribution in [1.82, 2.24) is 0 Å². The van der Waals surface area contributed by atoms with Gasteiger partial charge in [0.15, 0.2) is 11.6 Å². The molecule has 3 aromatic rings. The summed E-state index contributed by atoms with van der Waals surface area (Å²) >= 11 is 0. The molecule has 0 bridgehead atoms. The number of ketones is 2. The fraction of sp³-hybridized carbons (Fsp3) is 0.0909. The fourth-order valence-corrected chi connectivity index (χ4v) is 2.72. The van der Waals surface area contributed by atoms with Gasteiger partial charge in [-0.15, -0.1) is 0 Å². The number of rotatable bonds is 5. The number of carbonyl (C=O) groups is 2. The van der Waals surface area contributed by atoms with E-state index in [4.69, 9.17) is 0 Å². The van der Waals surface area contributed by atoms with E-state index in [-0.39, 0.29) is 11.6 Å². The summed E-state index contributed by atoms with van der Waals surface area (Å²) in [5, 5.41) is 0. The number of benzene rings is 3. The summed E-state index contributed by atoms with van der Waals surface area (Å²) in [6.45, 7) is 1.97. The highest BCUT2D eigenvalue weighted by Gasteiger charge is 2.29. The lowest BCUT2D eigenvalue weighted by atomic mass is 9.84. The molecule has 0 heterocycles. The molecule has 0 amide bonds. The molecule has 0 aliphatic heterocycles. The van der Waals surface area contributed by atoms with E-state index in [1.54, 1.807) is 24.3 Å². The van der Waals surface area contributed by atoms with Crippen molar-refractivity contribution < 1.29 is 9.59 Å². The Morgan fingerprint density at radius 3 is 1.62 bits per heavy atom. The van der Waals surface area contributed by atoms with Crippen LogP contribution in [-0.4, -0.2) is 11.6 Å². The van der Waals surface area contributed by atoms with Crippen LogP contribution in [0.2, 0.25) is 0 Å². The van der Waals surface area contributed by atoms with Crippen molar-refractivity contribution in [1.29, 1.82) is 0 Å². The summed E-state index contributed by atoms with van der Waals surface area (Å²) in [6, 6.07) is 25.6. The highest BCUT2D eigenvalue weighted by atomic mass is 16.2. The lowest BCUT2D eigenvalue weighted by Gasteiger charge is -2.16. The Hall–Kier alpha value is -3.00. The van der Waals surface area contributed by atoms with E-state index in [1.165, 1.54) is 0 Å². The molecule has 2 nitrogen and oxygen atoms in total. The summed E-state index contributed by atoms with van der Waals surface area (Å²) in [5.41, 5.74) is 2.90. The molecule has 2 heteroatoms. The molecule has 0 aromatic heterocycles. The Morgan fingerprint density at radius 1 is 0.625 bits per heavy atom. The zero-order chi connectivity index (χ0) is 16.9. The first-order chi connectivity index (χ1) is 11.7. The maximum Gasteiger partial charge on any atom is 0.178 e. The molecule has 118 valence electrons. The Balaban J connectivity index is 2.04. The molecule has 0 aliphatic rings. The molecule has 0 aliphatic carbocycles. The van der Waals surface area contributed by atoms with E-state index in [1.807, 2.05) is 67.6 Å². The summed E-state index contributed by atoms with van der Waals surface area (Å²) in [6.07, 6.45) is 0. The molecular weight excluding hydrogens is 296 g/mol. The van der Waals surface area contributed by atoms with Gasteiger partial charge in [0.1, 0.15) is 5.92 Å². The molecule has 3 rings (SSSR count). The van der Waals surface area contributed by atoms with Gasteiger partial charge in [0.25, 0.3) is 0 Å². The molecule has 0 radical (unpaired) electrons. The average Bonchev–Trinajstić information content (AvgIpc) is 2.64. The molecule has 0 spiro atoms. The van der Waals surface area contributed by atoms with Crippen LogP contribution >= 0.6 is 0 Å². The number of aryl methyl sites for hydroxylation is 1. The van der Waals surface area contributed by atoms with Gasteiger partial charge in [0.2, 0.25) is 0 Å². The summed E-state index contributed by atoms with van der Waals surface area (Å²) in [4.78, 5) is 26.1.